The van der Waals surface area contributed by atoms with Gasteiger partial charge in [0.1, 0.15) is 11.8 Å². The number of hydrazone groups is 1. The Morgan fingerprint density at radius 3 is 2.79 bits per heavy atom. The Kier molecular flexibility index (Phi) is 5.38. The van der Waals surface area contributed by atoms with Gasteiger partial charge in [0.05, 0.1) is 17.2 Å². The first-order chi connectivity index (χ1) is 13.5. The maximum absolute atomic E-state index is 13.2. The molecule has 1 aliphatic rings. The van der Waals surface area contributed by atoms with Gasteiger partial charge in [-0.15, -0.1) is 10.2 Å². The molecule has 7 nitrogen and oxygen atoms in total. The molecule has 1 aromatic carbocycles. The number of benzene rings is 1. The minimum absolute atomic E-state index is 0.135. The maximum Gasteiger partial charge on any atom is 0.256 e. The summed E-state index contributed by atoms with van der Waals surface area (Å²) in [5, 5.41) is 14.5. The van der Waals surface area contributed by atoms with E-state index < -0.39 is 5.25 Å². The number of carbonyl (C=O) groups is 1. The van der Waals surface area contributed by atoms with Crippen LogP contribution in [0.5, 0.6) is 0 Å². The Morgan fingerprint density at radius 1 is 1.36 bits per heavy atom. The van der Waals surface area contributed by atoms with Crippen molar-refractivity contribution in [1.29, 1.82) is 0 Å². The summed E-state index contributed by atoms with van der Waals surface area (Å²) in [6.07, 6.45) is 2.16. The van der Waals surface area contributed by atoms with Crippen LogP contribution in [0.4, 0.5) is 5.13 Å². The molecular weight excluding hydrogens is 418 g/mol. The summed E-state index contributed by atoms with van der Waals surface area (Å²) in [4.78, 5) is 13.2. The third-order valence-corrected chi connectivity index (χ3v) is 6.41. The van der Waals surface area contributed by atoms with Crippen molar-refractivity contribution in [3.8, 4) is 0 Å². The molecule has 0 bridgehead atoms. The van der Waals surface area contributed by atoms with Crippen molar-refractivity contribution in [3.63, 3.8) is 0 Å². The number of anilines is 1. The number of carbonyl (C=O) groups excluding carboxylic acids is 1. The quantitative estimate of drug-likeness (QED) is 0.605. The number of nitrogens with two attached hydrogens (primary N) is 1. The van der Waals surface area contributed by atoms with Crippen molar-refractivity contribution in [2.45, 2.75) is 29.0 Å². The lowest BCUT2D eigenvalue weighted by Crippen LogP contribution is -2.33. The Balaban J connectivity index is 1.60. The van der Waals surface area contributed by atoms with Crippen molar-refractivity contribution >= 4 is 51.5 Å². The van der Waals surface area contributed by atoms with Crippen LogP contribution >= 0.6 is 34.7 Å². The van der Waals surface area contributed by atoms with Crippen LogP contribution in [0.1, 0.15) is 30.7 Å². The molecule has 144 valence electrons. The van der Waals surface area contributed by atoms with Gasteiger partial charge in [-0.1, -0.05) is 46.8 Å². The summed E-state index contributed by atoms with van der Waals surface area (Å²) >= 11 is 8.55. The molecule has 0 saturated heterocycles. The molecular formula is C18H16ClN5O2S2. The minimum Gasteiger partial charge on any atom is -0.467 e. The molecule has 0 spiro atoms. The summed E-state index contributed by atoms with van der Waals surface area (Å²) in [7, 11) is 0. The van der Waals surface area contributed by atoms with Crippen LogP contribution in [-0.2, 0) is 4.79 Å². The SMILES string of the molecule is C[C@@H](Sc1nnc(N)s1)C(=O)N1N=C(c2ccc(Cl)cc2)C[C@H]1c1ccco1. The molecule has 0 saturated carbocycles. The lowest BCUT2D eigenvalue weighted by molar-refractivity contribution is -0.132. The molecule has 0 aliphatic carbocycles. The largest absolute Gasteiger partial charge is 0.467 e. The van der Waals surface area contributed by atoms with Gasteiger partial charge in [-0.05, 0) is 36.8 Å². The molecule has 2 N–H and O–H groups in total. The van der Waals surface area contributed by atoms with Crippen molar-refractivity contribution in [2.24, 2.45) is 5.10 Å². The van der Waals surface area contributed by atoms with Crippen LogP contribution < -0.4 is 5.73 Å². The average molecular weight is 434 g/mol. The average Bonchev–Trinajstić information content (AvgIpc) is 3.42. The fourth-order valence-electron chi connectivity index (χ4n) is 2.89. The summed E-state index contributed by atoms with van der Waals surface area (Å²) in [6.45, 7) is 1.82. The topological polar surface area (TPSA) is 97.6 Å². The highest BCUT2D eigenvalue weighted by molar-refractivity contribution is 8.02. The summed E-state index contributed by atoms with van der Waals surface area (Å²) in [5.74, 6) is 0.558. The van der Waals surface area contributed by atoms with Gasteiger partial charge in [0.25, 0.3) is 5.91 Å². The van der Waals surface area contributed by atoms with Crippen LogP contribution in [0, 0.1) is 0 Å². The minimum atomic E-state index is -0.405. The zero-order chi connectivity index (χ0) is 19.7. The molecule has 0 unspecified atom stereocenters. The van der Waals surface area contributed by atoms with Gasteiger partial charge in [0.2, 0.25) is 5.13 Å². The van der Waals surface area contributed by atoms with Gasteiger partial charge in [-0.25, -0.2) is 5.01 Å². The monoisotopic (exact) mass is 433 g/mol. The predicted molar refractivity (Wildman–Crippen MR) is 111 cm³/mol. The number of amides is 1. The number of rotatable bonds is 5. The van der Waals surface area contributed by atoms with Gasteiger partial charge < -0.3 is 10.2 Å². The molecule has 28 heavy (non-hydrogen) atoms. The van der Waals surface area contributed by atoms with Crippen molar-refractivity contribution in [3.05, 3.63) is 59.0 Å². The number of aromatic nitrogens is 2. The summed E-state index contributed by atoms with van der Waals surface area (Å²) in [6, 6.07) is 10.8. The van der Waals surface area contributed by atoms with E-state index in [1.165, 1.54) is 28.1 Å². The summed E-state index contributed by atoms with van der Waals surface area (Å²) in [5.41, 5.74) is 7.36. The van der Waals surface area contributed by atoms with Gasteiger partial charge in [-0.2, -0.15) is 5.10 Å². The molecule has 3 aromatic rings. The third-order valence-electron chi connectivity index (χ3n) is 4.23. The molecule has 0 fully saturated rings. The van der Waals surface area contributed by atoms with Crippen LogP contribution in [-0.4, -0.2) is 32.1 Å². The molecule has 2 atom stereocenters. The van der Waals surface area contributed by atoms with Crippen molar-refractivity contribution in [1.82, 2.24) is 15.2 Å². The maximum atomic E-state index is 13.2. The molecule has 1 amide bonds. The third kappa shape index (κ3) is 3.91. The zero-order valence-electron chi connectivity index (χ0n) is 14.8. The lowest BCUT2D eigenvalue weighted by atomic mass is 10.0. The highest BCUT2D eigenvalue weighted by Crippen LogP contribution is 2.36. The van der Waals surface area contributed by atoms with E-state index in [4.69, 9.17) is 21.8 Å². The van der Waals surface area contributed by atoms with Crippen LogP contribution in [0.15, 0.2) is 56.5 Å². The normalized spacial score (nSPS) is 17.6. The van der Waals surface area contributed by atoms with E-state index in [0.29, 0.717) is 26.7 Å². The number of hydrogen-bond donors (Lipinski definition) is 1. The Hall–Kier alpha value is -2.36. The summed E-state index contributed by atoms with van der Waals surface area (Å²) < 4.78 is 6.22. The van der Waals surface area contributed by atoms with Gasteiger partial charge in [-0.3, -0.25) is 4.79 Å². The number of halogens is 1. The standard InChI is InChI=1S/C18H16ClN5O2S2/c1-10(27-18-22-21-17(20)28-18)16(25)24-14(15-3-2-8-26-15)9-13(23-24)11-4-6-12(19)7-5-11/h2-8,10,14H,9H2,1H3,(H2,20,21)/t10-,14+/m1/s1. The van der Waals surface area contributed by atoms with Crippen molar-refractivity contribution < 1.29 is 9.21 Å². The van der Waals surface area contributed by atoms with Gasteiger partial charge in [0.15, 0.2) is 4.34 Å². The first kappa shape index (κ1) is 19.0. The van der Waals surface area contributed by atoms with Crippen LogP contribution in [0.3, 0.4) is 0 Å². The number of hydrogen-bond acceptors (Lipinski definition) is 8. The number of furan rings is 1. The molecule has 1 aliphatic heterocycles. The molecule has 4 rings (SSSR count). The number of nitrogens with zero attached hydrogens (tertiary/aromatic N) is 4. The molecule has 10 heteroatoms. The second-order valence-electron chi connectivity index (χ2n) is 6.14. The van der Waals surface area contributed by atoms with E-state index >= 15 is 0 Å². The van der Waals surface area contributed by atoms with E-state index in [2.05, 4.69) is 15.3 Å². The predicted octanol–water partition coefficient (Wildman–Crippen LogP) is 4.23. The molecule has 0 radical (unpaired) electrons. The fraction of sp³-hybridized carbons (Fsp3) is 0.222. The second kappa shape index (κ2) is 7.94. The van der Waals surface area contributed by atoms with E-state index in [-0.39, 0.29) is 11.9 Å². The Bertz CT molecular complexity index is 1000. The smallest absolute Gasteiger partial charge is 0.256 e. The van der Waals surface area contributed by atoms with E-state index in [0.717, 1.165) is 11.3 Å². The molecule has 3 heterocycles. The lowest BCUT2D eigenvalue weighted by Gasteiger charge is -2.22. The van der Waals surface area contributed by atoms with E-state index in [1.54, 1.807) is 12.3 Å². The highest BCUT2D eigenvalue weighted by Gasteiger charge is 2.37. The Labute approximate surface area is 174 Å². The van der Waals surface area contributed by atoms with Gasteiger partial charge in [0, 0.05) is 11.4 Å². The zero-order valence-corrected chi connectivity index (χ0v) is 17.2. The number of nitrogen functional groups attached to an aromatic ring is 1. The first-order valence-electron chi connectivity index (χ1n) is 8.47. The van der Waals surface area contributed by atoms with Crippen LogP contribution in [0.25, 0.3) is 0 Å². The van der Waals surface area contributed by atoms with Crippen LogP contribution in [0.2, 0.25) is 5.02 Å². The fourth-order valence-corrected chi connectivity index (χ4v) is 4.84. The van der Waals surface area contributed by atoms with Gasteiger partial charge >= 0.3 is 0 Å². The molecule has 2 aromatic heterocycles. The highest BCUT2D eigenvalue weighted by atomic mass is 35.5. The first-order valence-corrected chi connectivity index (χ1v) is 10.5. The second-order valence-corrected chi connectivity index (χ2v) is 9.17. The Morgan fingerprint density at radius 2 is 2.14 bits per heavy atom. The van der Waals surface area contributed by atoms with Crippen molar-refractivity contribution in [2.75, 3.05) is 5.73 Å². The number of thioether (sulfide) groups is 1. The van der Waals surface area contributed by atoms with E-state index in [9.17, 15) is 4.79 Å². The van der Waals surface area contributed by atoms with E-state index in [1.807, 2.05) is 37.3 Å².